The monoisotopic (exact) mass is 792 g/mol. The van der Waals surface area contributed by atoms with Gasteiger partial charge in [-0.25, -0.2) is 28.7 Å². The van der Waals surface area contributed by atoms with Crippen LogP contribution in [0.4, 0.5) is 31.8 Å². The zero-order chi connectivity index (χ0) is 39.7. The Morgan fingerprint density at radius 1 is 0.618 bits per heavy atom. The minimum atomic E-state index is -0.568. The number of benzene rings is 4. The molecule has 0 aliphatic rings. The van der Waals surface area contributed by atoms with E-state index >= 15 is 0 Å². The number of hydrogen-bond acceptors (Lipinski definition) is 11. The predicted molar refractivity (Wildman–Crippen MR) is 211 cm³/mol. The van der Waals surface area contributed by atoms with E-state index in [9.17, 15) is 19.0 Å². The molecule has 2 heterocycles. The number of phenols is 2. The zero-order valence-corrected chi connectivity index (χ0v) is 32.5. The van der Waals surface area contributed by atoms with Crippen molar-refractivity contribution in [1.82, 2.24) is 19.9 Å². The topological polar surface area (TPSA) is 144 Å². The molecule has 6 aromatic rings. The van der Waals surface area contributed by atoms with Crippen molar-refractivity contribution in [3.8, 4) is 23.0 Å². The van der Waals surface area contributed by atoms with Crippen LogP contribution in [0.15, 0.2) is 61.2 Å². The second-order valence-electron chi connectivity index (χ2n) is 14.8. The van der Waals surface area contributed by atoms with Crippen LogP contribution in [0.1, 0.15) is 38.8 Å². The van der Waals surface area contributed by atoms with E-state index in [2.05, 4.69) is 30.6 Å². The SMILES string of the molecule is COc1cc2ncnc(Nc3cc(Cl)c(F)cc3CC(C)(C)COCC(C)(C)Cc3cc(F)c(Cl)cc3Nc3ncnc4cc(OC)c(O)cc34)c2cc1O. The van der Waals surface area contributed by atoms with Crippen LogP contribution in [0.3, 0.4) is 0 Å². The number of aromatic nitrogens is 4. The summed E-state index contributed by atoms with van der Waals surface area (Å²) in [4.78, 5) is 17.3. The highest BCUT2D eigenvalue weighted by atomic mass is 35.5. The summed E-state index contributed by atoms with van der Waals surface area (Å²) in [5, 5.41) is 28.3. The van der Waals surface area contributed by atoms with Gasteiger partial charge in [-0.15, -0.1) is 0 Å². The molecule has 15 heteroatoms. The van der Waals surface area contributed by atoms with E-state index in [1.165, 1.54) is 63.3 Å². The van der Waals surface area contributed by atoms with Crippen LogP contribution < -0.4 is 20.1 Å². The molecule has 11 nitrogen and oxygen atoms in total. The van der Waals surface area contributed by atoms with E-state index < -0.39 is 22.5 Å². The summed E-state index contributed by atoms with van der Waals surface area (Å²) < 4.78 is 46.5. The molecule has 4 N–H and O–H groups in total. The first-order valence-corrected chi connectivity index (χ1v) is 17.9. The molecule has 0 saturated heterocycles. The number of fused-ring (bicyclic) bond motifs is 2. The molecule has 288 valence electrons. The molecule has 0 aliphatic heterocycles. The number of aromatic hydroxyl groups is 2. The molecule has 0 radical (unpaired) electrons. The number of ether oxygens (including phenoxy) is 3. The third-order valence-corrected chi connectivity index (χ3v) is 9.57. The number of methoxy groups -OCH3 is 2. The Hall–Kier alpha value is -5.24. The fourth-order valence-electron chi connectivity index (χ4n) is 6.36. The Morgan fingerprint density at radius 3 is 1.40 bits per heavy atom. The highest BCUT2D eigenvalue weighted by Gasteiger charge is 2.27. The van der Waals surface area contributed by atoms with E-state index in [-0.39, 0.29) is 33.0 Å². The first kappa shape index (κ1) is 39.5. The molecule has 0 spiro atoms. The minimum absolute atomic E-state index is 0.0660. The quantitative estimate of drug-likeness (QED) is 0.0837. The summed E-state index contributed by atoms with van der Waals surface area (Å²) in [6, 6.07) is 12.0. The van der Waals surface area contributed by atoms with E-state index in [4.69, 9.17) is 37.4 Å². The van der Waals surface area contributed by atoms with Crippen molar-refractivity contribution < 1.29 is 33.2 Å². The molecule has 0 unspecified atom stereocenters. The second kappa shape index (κ2) is 15.9. The number of halogens is 4. The van der Waals surface area contributed by atoms with Crippen LogP contribution in [0.5, 0.6) is 23.0 Å². The Morgan fingerprint density at radius 2 is 1.02 bits per heavy atom. The van der Waals surface area contributed by atoms with Crippen molar-refractivity contribution >= 4 is 68.0 Å². The molecule has 2 aromatic heterocycles. The lowest BCUT2D eigenvalue weighted by molar-refractivity contribution is 0.0155. The number of phenolic OH excluding ortho intramolecular Hbond substituents is 2. The molecule has 0 fully saturated rings. The van der Waals surface area contributed by atoms with Crippen molar-refractivity contribution in [2.24, 2.45) is 10.8 Å². The lowest BCUT2D eigenvalue weighted by atomic mass is 9.84. The van der Waals surface area contributed by atoms with E-state index in [1.807, 2.05) is 27.7 Å². The normalized spacial score (nSPS) is 12.0. The van der Waals surface area contributed by atoms with Crippen LogP contribution in [0.2, 0.25) is 10.0 Å². The summed E-state index contributed by atoms with van der Waals surface area (Å²) in [5.74, 6) is 0.0169. The van der Waals surface area contributed by atoms with Gasteiger partial charge >= 0.3 is 0 Å². The maximum Gasteiger partial charge on any atom is 0.162 e. The van der Waals surface area contributed by atoms with Gasteiger partial charge in [-0.05, 0) is 71.2 Å². The van der Waals surface area contributed by atoms with Crippen molar-refractivity contribution in [3.63, 3.8) is 0 Å². The van der Waals surface area contributed by atoms with Gasteiger partial charge in [0.25, 0.3) is 0 Å². The van der Waals surface area contributed by atoms with Crippen molar-refractivity contribution in [2.75, 3.05) is 38.1 Å². The van der Waals surface area contributed by atoms with Crippen LogP contribution in [0, 0.1) is 22.5 Å². The molecule has 6 rings (SSSR count). The Labute approximate surface area is 326 Å². The average molecular weight is 794 g/mol. The maximum atomic E-state index is 14.9. The lowest BCUT2D eigenvalue weighted by Gasteiger charge is -2.30. The number of rotatable bonds is 14. The molecule has 0 aliphatic carbocycles. The smallest absolute Gasteiger partial charge is 0.162 e. The number of nitrogens with zero attached hydrogens (tertiary/aromatic N) is 4. The minimum Gasteiger partial charge on any atom is -0.504 e. The summed E-state index contributed by atoms with van der Waals surface area (Å²) >= 11 is 12.5. The van der Waals surface area contributed by atoms with Gasteiger partial charge < -0.3 is 35.1 Å². The first-order chi connectivity index (χ1) is 26.1. The largest absolute Gasteiger partial charge is 0.504 e. The van der Waals surface area contributed by atoms with Gasteiger partial charge in [0.05, 0.1) is 48.5 Å². The number of hydrogen-bond donors (Lipinski definition) is 4. The summed E-state index contributed by atoms with van der Waals surface area (Å²) in [5.41, 5.74) is 2.45. The molecule has 0 atom stereocenters. The number of anilines is 4. The average Bonchev–Trinajstić information content (AvgIpc) is 3.12. The molecule has 0 saturated carbocycles. The van der Waals surface area contributed by atoms with Gasteiger partial charge in [0, 0.05) is 34.3 Å². The Balaban J connectivity index is 1.17. The van der Waals surface area contributed by atoms with Crippen LogP contribution in [0.25, 0.3) is 21.8 Å². The summed E-state index contributed by atoms with van der Waals surface area (Å²) in [6.07, 6.45) is 3.56. The Bertz CT molecular complexity index is 2230. The van der Waals surface area contributed by atoms with Gasteiger partial charge in [-0.1, -0.05) is 50.9 Å². The van der Waals surface area contributed by atoms with Gasteiger partial charge in [0.2, 0.25) is 0 Å². The van der Waals surface area contributed by atoms with E-state index in [0.717, 1.165) is 0 Å². The van der Waals surface area contributed by atoms with Crippen molar-refractivity contribution in [2.45, 2.75) is 40.5 Å². The second-order valence-corrected chi connectivity index (χ2v) is 15.6. The van der Waals surface area contributed by atoms with Gasteiger partial charge in [0.1, 0.15) is 35.9 Å². The Kier molecular flexibility index (Phi) is 11.4. The van der Waals surface area contributed by atoms with Gasteiger partial charge in [0.15, 0.2) is 23.0 Å². The third kappa shape index (κ3) is 9.01. The van der Waals surface area contributed by atoms with E-state index in [0.29, 0.717) is 82.0 Å². The maximum absolute atomic E-state index is 14.9. The summed E-state index contributed by atoms with van der Waals surface area (Å²) in [7, 11) is 2.90. The molecular weight excluding hydrogens is 753 g/mol. The molecule has 0 bridgehead atoms. The summed E-state index contributed by atoms with van der Waals surface area (Å²) in [6.45, 7) is 8.66. The van der Waals surface area contributed by atoms with Crippen LogP contribution in [-0.2, 0) is 17.6 Å². The first-order valence-electron chi connectivity index (χ1n) is 17.2. The fraction of sp³-hybridized carbons (Fsp3) is 0.300. The highest BCUT2D eigenvalue weighted by Crippen LogP contribution is 2.39. The van der Waals surface area contributed by atoms with Gasteiger partial charge in [-0.2, -0.15) is 0 Å². The molecule has 55 heavy (non-hydrogen) atoms. The number of nitrogens with one attached hydrogen (secondary N) is 2. The standard InChI is InChI=1S/C40H40Cl2F2N6O5/c1-39(2,15-21-7-27(43)25(41)11-29(21)49-37-23-9-33(51)35(53-5)13-31(23)45-19-47-37)17-55-18-40(3,4)16-22-8-28(44)26(42)12-30(22)50-38-24-10-34(52)36(54-6)14-32(24)46-20-48-38/h7-14,19-20,51-52H,15-18H2,1-6H3,(H,45,47,49)(H,46,48,50). The van der Waals surface area contributed by atoms with Crippen LogP contribution in [-0.4, -0.2) is 57.6 Å². The fourth-order valence-corrected chi connectivity index (χ4v) is 6.69. The zero-order valence-electron chi connectivity index (χ0n) is 31.0. The van der Waals surface area contributed by atoms with E-state index in [1.54, 1.807) is 12.1 Å². The van der Waals surface area contributed by atoms with Crippen molar-refractivity contribution in [1.29, 1.82) is 0 Å². The van der Waals surface area contributed by atoms with Crippen molar-refractivity contribution in [3.05, 3.63) is 94.0 Å². The van der Waals surface area contributed by atoms with Crippen LogP contribution >= 0.6 is 23.2 Å². The molecule has 0 amide bonds. The third-order valence-electron chi connectivity index (χ3n) is 8.99. The highest BCUT2D eigenvalue weighted by molar-refractivity contribution is 6.31. The molecule has 4 aromatic carbocycles. The van der Waals surface area contributed by atoms with Gasteiger partial charge in [-0.3, -0.25) is 0 Å². The lowest BCUT2D eigenvalue weighted by Crippen LogP contribution is -2.28. The molecular formula is C40H40Cl2F2N6O5. The predicted octanol–water partition coefficient (Wildman–Crippen LogP) is 9.93.